The molecule has 0 saturated carbocycles. The number of ketones is 1. The number of fused-ring (bicyclic) bond motifs is 4. The lowest BCUT2D eigenvalue weighted by atomic mass is 9.68. The number of aromatic nitrogens is 2. The largest absolute Gasteiger partial charge is 0.358 e. The molecule has 0 bridgehead atoms. The Morgan fingerprint density at radius 2 is 1.67 bits per heavy atom. The van der Waals surface area contributed by atoms with E-state index in [1.54, 1.807) is 23.2 Å². The molecular formula is C28H27N3O2. The molecule has 0 saturated heterocycles. The van der Waals surface area contributed by atoms with Crippen molar-refractivity contribution in [3.8, 4) is 0 Å². The molecule has 6 rings (SSSR count). The zero-order chi connectivity index (χ0) is 23.1. The molecule has 0 spiro atoms. The first-order valence-electron chi connectivity index (χ1n) is 11.5. The van der Waals surface area contributed by atoms with E-state index < -0.39 is 0 Å². The van der Waals surface area contributed by atoms with Crippen molar-refractivity contribution in [2.45, 2.75) is 32.6 Å². The van der Waals surface area contributed by atoms with Gasteiger partial charge >= 0.3 is 5.69 Å². The molecule has 0 fully saturated rings. The van der Waals surface area contributed by atoms with E-state index in [0.717, 1.165) is 56.3 Å². The van der Waals surface area contributed by atoms with Gasteiger partial charge in [0.15, 0.2) is 5.78 Å². The molecule has 1 aliphatic carbocycles. The van der Waals surface area contributed by atoms with Crippen molar-refractivity contribution in [3.63, 3.8) is 0 Å². The molecule has 1 atom stereocenters. The van der Waals surface area contributed by atoms with E-state index in [1.165, 1.54) is 0 Å². The number of carbonyl (C=O) groups is 1. The minimum Gasteiger partial charge on any atom is -0.358 e. The van der Waals surface area contributed by atoms with Crippen LogP contribution in [0.15, 0.2) is 70.7 Å². The third-order valence-corrected chi connectivity index (χ3v) is 7.38. The highest BCUT2D eigenvalue weighted by Crippen LogP contribution is 2.51. The minimum absolute atomic E-state index is 0.0475. The maximum Gasteiger partial charge on any atom is 0.328 e. The summed E-state index contributed by atoms with van der Waals surface area (Å²) >= 11 is 0. The van der Waals surface area contributed by atoms with Crippen LogP contribution in [0.4, 0.5) is 5.69 Å². The third-order valence-electron chi connectivity index (χ3n) is 7.38. The summed E-state index contributed by atoms with van der Waals surface area (Å²) < 4.78 is 3.36. The molecular weight excluding hydrogens is 410 g/mol. The summed E-state index contributed by atoms with van der Waals surface area (Å²) in [6.07, 6.45) is 1.37. The van der Waals surface area contributed by atoms with Crippen LogP contribution in [-0.4, -0.2) is 14.9 Å². The van der Waals surface area contributed by atoms with Crippen molar-refractivity contribution in [3.05, 3.63) is 87.5 Å². The predicted molar refractivity (Wildman–Crippen MR) is 133 cm³/mol. The first-order valence-corrected chi connectivity index (χ1v) is 11.5. The van der Waals surface area contributed by atoms with Gasteiger partial charge in [-0.1, -0.05) is 50.2 Å². The summed E-state index contributed by atoms with van der Waals surface area (Å²) in [5, 5.41) is 5.95. The highest BCUT2D eigenvalue weighted by Gasteiger charge is 2.41. The van der Waals surface area contributed by atoms with Crippen LogP contribution in [0.5, 0.6) is 0 Å². The number of aryl methyl sites for hydroxylation is 2. The quantitative estimate of drug-likeness (QED) is 0.444. The molecule has 1 N–H and O–H groups in total. The van der Waals surface area contributed by atoms with Crippen molar-refractivity contribution < 1.29 is 4.79 Å². The van der Waals surface area contributed by atoms with Gasteiger partial charge in [0, 0.05) is 43.4 Å². The molecule has 2 heterocycles. The number of imidazole rings is 1. The molecule has 5 nitrogen and oxygen atoms in total. The second-order valence-electron chi connectivity index (χ2n) is 10.3. The van der Waals surface area contributed by atoms with Gasteiger partial charge in [-0.15, -0.1) is 0 Å². The lowest BCUT2D eigenvalue weighted by molar-refractivity contribution is -0.118. The van der Waals surface area contributed by atoms with Gasteiger partial charge in [0.1, 0.15) is 0 Å². The number of allylic oxidation sites excluding steroid dienone is 2. The van der Waals surface area contributed by atoms with Gasteiger partial charge in [-0.2, -0.15) is 0 Å². The topological polar surface area (TPSA) is 56.0 Å². The molecule has 1 aliphatic heterocycles. The summed E-state index contributed by atoms with van der Waals surface area (Å²) in [7, 11) is 3.60. The minimum atomic E-state index is -0.175. The van der Waals surface area contributed by atoms with Gasteiger partial charge < -0.3 is 5.32 Å². The van der Waals surface area contributed by atoms with Gasteiger partial charge in [0.05, 0.1) is 11.0 Å². The Morgan fingerprint density at radius 1 is 0.909 bits per heavy atom. The van der Waals surface area contributed by atoms with Crippen molar-refractivity contribution in [1.29, 1.82) is 0 Å². The first-order chi connectivity index (χ1) is 15.7. The van der Waals surface area contributed by atoms with E-state index in [9.17, 15) is 9.59 Å². The van der Waals surface area contributed by atoms with Crippen LogP contribution in [0.3, 0.4) is 0 Å². The normalized spacial score (nSPS) is 19.5. The van der Waals surface area contributed by atoms with E-state index in [2.05, 4.69) is 61.6 Å². The van der Waals surface area contributed by atoms with Crippen LogP contribution in [0, 0.1) is 5.41 Å². The number of rotatable bonds is 1. The van der Waals surface area contributed by atoms with Crippen molar-refractivity contribution in [1.82, 2.24) is 9.13 Å². The standard InChI is InChI=1S/C28H27N3O2/c1-28(2)14-20-26(23(32)15-28)24(17-10-12-21-22(13-17)31(4)27(33)30(21)3)25-18-8-6-5-7-16(18)9-11-19(25)29-20/h5-13,24,29H,14-15H2,1-4H3. The maximum atomic E-state index is 13.6. The van der Waals surface area contributed by atoms with E-state index in [-0.39, 0.29) is 22.8 Å². The lowest BCUT2D eigenvalue weighted by Crippen LogP contribution is -2.33. The Morgan fingerprint density at radius 3 is 2.48 bits per heavy atom. The highest BCUT2D eigenvalue weighted by atomic mass is 16.1. The average Bonchev–Trinajstić information content (AvgIpc) is 3.00. The fourth-order valence-electron chi connectivity index (χ4n) is 5.84. The smallest absolute Gasteiger partial charge is 0.328 e. The van der Waals surface area contributed by atoms with E-state index in [4.69, 9.17) is 0 Å². The van der Waals surface area contributed by atoms with Crippen LogP contribution in [0.1, 0.15) is 43.7 Å². The Kier molecular flexibility index (Phi) is 4.07. The number of carbonyl (C=O) groups excluding carboxylic acids is 1. The van der Waals surface area contributed by atoms with Crippen LogP contribution in [0.2, 0.25) is 0 Å². The summed E-state index contributed by atoms with van der Waals surface area (Å²) in [5.41, 5.74) is 6.80. The summed E-state index contributed by atoms with van der Waals surface area (Å²) in [6, 6.07) is 18.8. The van der Waals surface area contributed by atoms with Crippen LogP contribution in [0.25, 0.3) is 21.8 Å². The number of Topliss-reactive ketones (excluding diaryl/α,β-unsaturated/α-hetero) is 1. The zero-order valence-electron chi connectivity index (χ0n) is 19.4. The van der Waals surface area contributed by atoms with Crippen molar-refractivity contribution in [2.24, 2.45) is 19.5 Å². The predicted octanol–water partition coefficient (Wildman–Crippen LogP) is 5.23. The summed E-state index contributed by atoms with van der Waals surface area (Å²) in [6.45, 7) is 4.32. The maximum absolute atomic E-state index is 13.6. The van der Waals surface area contributed by atoms with Gasteiger partial charge in [0.2, 0.25) is 0 Å². The molecule has 5 heteroatoms. The molecule has 4 aromatic rings. The molecule has 0 amide bonds. The Bertz CT molecular complexity index is 1580. The fourth-order valence-corrected chi connectivity index (χ4v) is 5.84. The monoisotopic (exact) mass is 437 g/mol. The number of hydrogen-bond donors (Lipinski definition) is 1. The molecule has 1 unspecified atom stereocenters. The first kappa shape index (κ1) is 20.0. The molecule has 1 aromatic heterocycles. The number of hydrogen-bond acceptors (Lipinski definition) is 3. The zero-order valence-corrected chi connectivity index (χ0v) is 19.4. The SMILES string of the molecule is Cn1c(=O)n(C)c2cc(C3C4=C(CC(C)(C)CC4=O)Nc4ccc5ccccc5c43)ccc21. The highest BCUT2D eigenvalue weighted by molar-refractivity contribution is 6.04. The molecule has 0 radical (unpaired) electrons. The molecule has 33 heavy (non-hydrogen) atoms. The average molecular weight is 438 g/mol. The van der Waals surface area contributed by atoms with Crippen LogP contribution in [-0.2, 0) is 18.9 Å². The Balaban J connectivity index is 1.68. The second-order valence-corrected chi connectivity index (χ2v) is 10.3. The molecule has 2 aliphatic rings. The van der Waals surface area contributed by atoms with E-state index in [1.807, 2.05) is 12.1 Å². The van der Waals surface area contributed by atoms with Gasteiger partial charge in [-0.3, -0.25) is 13.9 Å². The number of nitrogens with one attached hydrogen (secondary N) is 1. The van der Waals surface area contributed by atoms with E-state index >= 15 is 0 Å². The van der Waals surface area contributed by atoms with Crippen molar-refractivity contribution >= 4 is 33.3 Å². The summed E-state index contributed by atoms with van der Waals surface area (Å²) in [4.78, 5) is 26.2. The number of anilines is 1. The summed E-state index contributed by atoms with van der Waals surface area (Å²) in [5.74, 6) is 0.0324. The lowest BCUT2D eigenvalue weighted by Gasteiger charge is -2.40. The molecule has 166 valence electrons. The Hall–Kier alpha value is -3.60. The van der Waals surface area contributed by atoms with Gasteiger partial charge in [-0.25, -0.2) is 4.79 Å². The fraction of sp³-hybridized carbons (Fsp3) is 0.286. The van der Waals surface area contributed by atoms with Crippen LogP contribution >= 0.6 is 0 Å². The van der Waals surface area contributed by atoms with Crippen molar-refractivity contribution in [2.75, 3.05) is 5.32 Å². The van der Waals surface area contributed by atoms with Gasteiger partial charge in [-0.05, 0) is 51.9 Å². The second kappa shape index (κ2) is 6.70. The number of nitrogens with zero attached hydrogens (tertiary/aromatic N) is 2. The Labute approximate surface area is 192 Å². The van der Waals surface area contributed by atoms with Gasteiger partial charge in [0.25, 0.3) is 0 Å². The third kappa shape index (κ3) is 2.85. The van der Waals surface area contributed by atoms with E-state index in [0.29, 0.717) is 6.42 Å². The van der Waals surface area contributed by atoms with Crippen LogP contribution < -0.4 is 11.0 Å². The number of benzene rings is 3. The molecule has 3 aromatic carbocycles.